The first-order valence-corrected chi connectivity index (χ1v) is 6.21. The summed E-state index contributed by atoms with van der Waals surface area (Å²) >= 11 is 1.68. The van der Waals surface area contributed by atoms with E-state index in [1.165, 1.54) is 5.56 Å². The zero-order valence-electron chi connectivity index (χ0n) is 10.1. The van der Waals surface area contributed by atoms with Gasteiger partial charge in [0.05, 0.1) is 5.69 Å². The number of nitrogens with two attached hydrogens (primary N) is 1. The van der Waals surface area contributed by atoms with Crippen molar-refractivity contribution in [1.82, 2.24) is 9.78 Å². The lowest BCUT2D eigenvalue weighted by molar-refractivity contribution is 0.555. The summed E-state index contributed by atoms with van der Waals surface area (Å²) < 4.78 is 1.76. The molecule has 2 rings (SSSR count). The van der Waals surface area contributed by atoms with Crippen molar-refractivity contribution in [3.63, 3.8) is 0 Å². The summed E-state index contributed by atoms with van der Waals surface area (Å²) in [5.74, 6) is 0.739. The van der Waals surface area contributed by atoms with Crippen LogP contribution in [0.2, 0.25) is 0 Å². The zero-order chi connectivity index (χ0) is 11.9. The van der Waals surface area contributed by atoms with Crippen molar-refractivity contribution in [2.24, 2.45) is 7.05 Å². The second-order valence-electron chi connectivity index (χ2n) is 4.99. The molecule has 0 bridgehead atoms. The molecule has 0 saturated carbocycles. The maximum Gasteiger partial charge on any atom is 0.129 e. The van der Waals surface area contributed by atoms with Crippen LogP contribution < -0.4 is 5.73 Å². The molecule has 2 aromatic rings. The average Bonchev–Trinajstić information content (AvgIpc) is 2.75. The minimum Gasteiger partial charge on any atom is -0.383 e. The number of rotatable bonds is 1. The van der Waals surface area contributed by atoms with Crippen molar-refractivity contribution in [3.05, 3.63) is 22.5 Å². The number of nitrogens with zero attached hydrogens (tertiary/aromatic N) is 2. The van der Waals surface area contributed by atoms with Crippen molar-refractivity contribution in [2.45, 2.75) is 26.2 Å². The van der Waals surface area contributed by atoms with Gasteiger partial charge in [-0.25, -0.2) is 0 Å². The van der Waals surface area contributed by atoms with Gasteiger partial charge in [0.1, 0.15) is 5.82 Å². The molecular weight excluding hydrogens is 218 g/mol. The Hall–Kier alpha value is -1.29. The number of aromatic nitrogens is 2. The van der Waals surface area contributed by atoms with E-state index in [9.17, 15) is 0 Å². The molecule has 0 atom stereocenters. The molecule has 0 amide bonds. The highest BCUT2D eigenvalue weighted by molar-refractivity contribution is 7.08. The van der Waals surface area contributed by atoms with Crippen LogP contribution in [-0.4, -0.2) is 9.78 Å². The van der Waals surface area contributed by atoms with E-state index in [2.05, 4.69) is 42.7 Å². The standard InChI is InChI=1S/C12H17N3S/c1-12(2,3)10-9(8-5-6-16-7-8)11(13)15(4)14-10/h5-7H,13H2,1-4H3. The van der Waals surface area contributed by atoms with Crippen LogP contribution in [0, 0.1) is 0 Å². The van der Waals surface area contributed by atoms with Crippen LogP contribution in [0.1, 0.15) is 26.5 Å². The van der Waals surface area contributed by atoms with Crippen molar-refractivity contribution >= 4 is 17.2 Å². The topological polar surface area (TPSA) is 43.8 Å². The SMILES string of the molecule is Cn1nc(C(C)(C)C)c(-c2ccsc2)c1N. The number of anilines is 1. The van der Waals surface area contributed by atoms with E-state index in [1.54, 1.807) is 16.0 Å². The maximum atomic E-state index is 6.10. The third-order valence-corrected chi connectivity index (χ3v) is 3.30. The monoisotopic (exact) mass is 235 g/mol. The lowest BCUT2D eigenvalue weighted by Gasteiger charge is -2.17. The summed E-state index contributed by atoms with van der Waals surface area (Å²) in [6.45, 7) is 6.47. The summed E-state index contributed by atoms with van der Waals surface area (Å²) in [5, 5.41) is 8.71. The van der Waals surface area contributed by atoms with Crippen molar-refractivity contribution in [3.8, 4) is 11.1 Å². The summed E-state index contributed by atoms with van der Waals surface area (Å²) in [6.07, 6.45) is 0. The fourth-order valence-corrected chi connectivity index (χ4v) is 2.40. The normalized spacial score (nSPS) is 12.0. The highest BCUT2D eigenvalue weighted by Gasteiger charge is 2.25. The number of thiophene rings is 1. The average molecular weight is 235 g/mol. The van der Waals surface area contributed by atoms with Crippen LogP contribution in [0.25, 0.3) is 11.1 Å². The van der Waals surface area contributed by atoms with Crippen LogP contribution in [0.15, 0.2) is 16.8 Å². The van der Waals surface area contributed by atoms with Crippen molar-refractivity contribution < 1.29 is 0 Å². The first-order valence-electron chi connectivity index (χ1n) is 5.27. The first kappa shape index (κ1) is 11.2. The highest BCUT2D eigenvalue weighted by atomic mass is 32.1. The Morgan fingerprint density at radius 3 is 2.56 bits per heavy atom. The molecule has 0 radical (unpaired) electrons. The van der Waals surface area contributed by atoms with Gasteiger partial charge in [0, 0.05) is 18.0 Å². The molecule has 0 aliphatic rings. The van der Waals surface area contributed by atoms with Crippen LogP contribution in [0.3, 0.4) is 0 Å². The quantitative estimate of drug-likeness (QED) is 0.825. The maximum absolute atomic E-state index is 6.10. The number of hydrogen-bond acceptors (Lipinski definition) is 3. The molecule has 2 N–H and O–H groups in total. The Labute approximate surface area is 99.9 Å². The van der Waals surface area contributed by atoms with Gasteiger partial charge in [0.2, 0.25) is 0 Å². The van der Waals surface area contributed by atoms with Gasteiger partial charge in [-0.15, -0.1) is 0 Å². The summed E-state index contributed by atoms with van der Waals surface area (Å²) in [5.41, 5.74) is 9.41. The molecule has 0 aliphatic carbocycles. The molecule has 0 aromatic carbocycles. The van der Waals surface area contributed by atoms with Gasteiger partial charge in [-0.3, -0.25) is 4.68 Å². The first-order chi connectivity index (χ1) is 7.41. The fourth-order valence-electron chi connectivity index (χ4n) is 1.75. The molecule has 0 unspecified atom stereocenters. The van der Waals surface area contributed by atoms with E-state index >= 15 is 0 Å². The number of nitrogen functional groups attached to an aromatic ring is 1. The van der Waals surface area contributed by atoms with Gasteiger partial charge in [-0.05, 0) is 22.4 Å². The van der Waals surface area contributed by atoms with E-state index in [-0.39, 0.29) is 5.41 Å². The molecule has 0 saturated heterocycles. The summed E-state index contributed by atoms with van der Waals surface area (Å²) in [7, 11) is 1.89. The molecule has 0 spiro atoms. The lowest BCUT2D eigenvalue weighted by Crippen LogP contribution is -2.13. The summed E-state index contributed by atoms with van der Waals surface area (Å²) in [4.78, 5) is 0. The Kier molecular flexibility index (Phi) is 2.54. The molecule has 0 fully saturated rings. The molecule has 2 heterocycles. The third-order valence-electron chi connectivity index (χ3n) is 2.61. The summed E-state index contributed by atoms with van der Waals surface area (Å²) in [6, 6.07) is 2.09. The smallest absolute Gasteiger partial charge is 0.129 e. The van der Waals surface area contributed by atoms with Gasteiger partial charge in [0.15, 0.2) is 0 Å². The van der Waals surface area contributed by atoms with E-state index < -0.39 is 0 Å². The Morgan fingerprint density at radius 2 is 2.06 bits per heavy atom. The minimum atomic E-state index is 0.00660. The molecule has 4 heteroatoms. The van der Waals surface area contributed by atoms with Gasteiger partial charge in [0.25, 0.3) is 0 Å². The predicted octanol–water partition coefficient (Wildman–Crippen LogP) is 3.03. The molecule has 2 aromatic heterocycles. The van der Waals surface area contributed by atoms with Gasteiger partial charge < -0.3 is 5.73 Å². The van der Waals surface area contributed by atoms with Gasteiger partial charge >= 0.3 is 0 Å². The Morgan fingerprint density at radius 1 is 1.38 bits per heavy atom. The second kappa shape index (κ2) is 3.63. The number of hydrogen-bond donors (Lipinski definition) is 1. The number of aryl methyl sites for hydroxylation is 1. The predicted molar refractivity (Wildman–Crippen MR) is 69.6 cm³/mol. The largest absolute Gasteiger partial charge is 0.383 e. The van der Waals surface area contributed by atoms with E-state index in [4.69, 9.17) is 5.73 Å². The van der Waals surface area contributed by atoms with Crippen LogP contribution in [0.4, 0.5) is 5.82 Å². The molecule has 0 aliphatic heterocycles. The fraction of sp³-hybridized carbons (Fsp3) is 0.417. The van der Waals surface area contributed by atoms with Crippen LogP contribution in [0.5, 0.6) is 0 Å². The zero-order valence-corrected chi connectivity index (χ0v) is 10.9. The Bertz CT molecular complexity index is 489. The van der Waals surface area contributed by atoms with E-state index in [1.807, 2.05) is 7.05 Å². The second-order valence-corrected chi connectivity index (χ2v) is 5.77. The van der Waals surface area contributed by atoms with Crippen LogP contribution >= 0.6 is 11.3 Å². The van der Waals surface area contributed by atoms with Crippen molar-refractivity contribution in [2.75, 3.05) is 5.73 Å². The highest BCUT2D eigenvalue weighted by Crippen LogP contribution is 2.36. The van der Waals surface area contributed by atoms with E-state index in [0.29, 0.717) is 0 Å². The minimum absolute atomic E-state index is 0.00660. The molecular formula is C12H17N3S. The van der Waals surface area contributed by atoms with Gasteiger partial charge in [-0.2, -0.15) is 16.4 Å². The molecule has 3 nitrogen and oxygen atoms in total. The van der Waals surface area contributed by atoms with E-state index in [0.717, 1.165) is 17.1 Å². The van der Waals surface area contributed by atoms with Crippen LogP contribution in [-0.2, 0) is 12.5 Å². The Balaban J connectivity index is 2.68. The molecule has 86 valence electrons. The lowest BCUT2D eigenvalue weighted by atomic mass is 9.88. The van der Waals surface area contributed by atoms with Crippen molar-refractivity contribution in [1.29, 1.82) is 0 Å². The van der Waals surface area contributed by atoms with Gasteiger partial charge in [-0.1, -0.05) is 20.8 Å². The molecule has 16 heavy (non-hydrogen) atoms. The third kappa shape index (κ3) is 1.73.